The summed E-state index contributed by atoms with van der Waals surface area (Å²) in [5, 5.41) is 5.64. The van der Waals surface area contributed by atoms with Crippen LogP contribution in [0.1, 0.15) is 18.0 Å². The highest BCUT2D eigenvalue weighted by Crippen LogP contribution is 2.22. The van der Waals surface area contributed by atoms with Crippen LogP contribution in [0.25, 0.3) is 22.4 Å². The molecule has 0 aliphatic carbocycles. The van der Waals surface area contributed by atoms with Crippen molar-refractivity contribution in [2.45, 2.75) is 19.9 Å². The lowest BCUT2D eigenvalue weighted by molar-refractivity contribution is -0.118. The van der Waals surface area contributed by atoms with Crippen LogP contribution in [0.15, 0.2) is 39.6 Å². The number of aromatic nitrogens is 6. The number of nitrogens with zero attached hydrogens (tertiary/aromatic N) is 5. The summed E-state index contributed by atoms with van der Waals surface area (Å²) in [7, 11) is 1.36. The van der Waals surface area contributed by atoms with Gasteiger partial charge in [0.05, 0.1) is 17.0 Å². The van der Waals surface area contributed by atoms with Gasteiger partial charge in [0.25, 0.3) is 5.56 Å². The van der Waals surface area contributed by atoms with E-state index in [4.69, 9.17) is 0 Å². The van der Waals surface area contributed by atoms with Crippen LogP contribution in [0.2, 0.25) is 0 Å². The van der Waals surface area contributed by atoms with E-state index in [9.17, 15) is 14.4 Å². The van der Waals surface area contributed by atoms with Crippen molar-refractivity contribution in [1.29, 1.82) is 0 Å². The second-order valence-electron chi connectivity index (χ2n) is 6.49. The Bertz CT molecular complexity index is 1330. The third-order valence-corrected chi connectivity index (χ3v) is 5.33. The molecular formula is C18H17N7O3S. The second kappa shape index (κ2) is 7.09. The number of pyridine rings is 1. The van der Waals surface area contributed by atoms with Crippen molar-refractivity contribution in [3.05, 3.63) is 55.9 Å². The maximum Gasteiger partial charge on any atom is 0.329 e. The number of imidazole rings is 1. The van der Waals surface area contributed by atoms with Crippen molar-refractivity contribution in [3.8, 4) is 11.3 Å². The minimum Gasteiger partial charge on any atom is -0.312 e. The summed E-state index contributed by atoms with van der Waals surface area (Å²) in [6.07, 6.45) is 3.00. The Morgan fingerprint density at radius 3 is 2.72 bits per heavy atom. The average molecular weight is 411 g/mol. The van der Waals surface area contributed by atoms with Gasteiger partial charge in [-0.25, -0.2) is 19.7 Å². The van der Waals surface area contributed by atoms with Crippen LogP contribution < -0.4 is 16.6 Å². The van der Waals surface area contributed by atoms with Crippen LogP contribution in [-0.2, 0) is 11.8 Å². The molecule has 4 aromatic heterocycles. The van der Waals surface area contributed by atoms with Crippen LogP contribution in [0.4, 0.5) is 5.82 Å². The van der Waals surface area contributed by atoms with E-state index in [0.29, 0.717) is 5.82 Å². The van der Waals surface area contributed by atoms with E-state index < -0.39 is 17.3 Å². The number of amides is 1. The highest BCUT2D eigenvalue weighted by molar-refractivity contribution is 7.09. The van der Waals surface area contributed by atoms with Gasteiger partial charge >= 0.3 is 5.69 Å². The molecule has 11 heteroatoms. The maximum atomic E-state index is 12.7. The van der Waals surface area contributed by atoms with Gasteiger partial charge in [0.15, 0.2) is 11.2 Å². The number of hydrogen-bond acceptors (Lipinski definition) is 7. The third kappa shape index (κ3) is 3.36. The molecule has 0 spiro atoms. The molecule has 0 aromatic carbocycles. The Hall–Kier alpha value is -3.60. The molecule has 0 saturated carbocycles. The minimum absolute atomic E-state index is 0.138. The van der Waals surface area contributed by atoms with E-state index in [2.05, 4.69) is 25.3 Å². The van der Waals surface area contributed by atoms with Crippen LogP contribution in [0.5, 0.6) is 0 Å². The number of rotatable bonds is 4. The molecule has 0 aliphatic heterocycles. The van der Waals surface area contributed by atoms with Gasteiger partial charge in [0, 0.05) is 24.2 Å². The molecular weight excluding hydrogens is 394 g/mol. The lowest BCUT2D eigenvalue weighted by Crippen LogP contribution is -2.34. The molecule has 2 N–H and O–H groups in total. The molecule has 1 amide bonds. The number of aromatic amines is 1. The minimum atomic E-state index is -0.749. The summed E-state index contributed by atoms with van der Waals surface area (Å²) in [4.78, 5) is 52.0. The number of anilines is 1. The summed E-state index contributed by atoms with van der Waals surface area (Å²) < 4.78 is 2.36. The van der Waals surface area contributed by atoms with Gasteiger partial charge in [-0.15, -0.1) is 11.3 Å². The van der Waals surface area contributed by atoms with E-state index in [1.54, 1.807) is 30.5 Å². The van der Waals surface area contributed by atoms with Crippen molar-refractivity contribution in [2.75, 3.05) is 5.32 Å². The molecule has 0 aliphatic rings. The fourth-order valence-corrected chi connectivity index (χ4v) is 3.49. The van der Waals surface area contributed by atoms with Crippen molar-refractivity contribution >= 4 is 34.2 Å². The monoisotopic (exact) mass is 411 g/mol. The van der Waals surface area contributed by atoms with Gasteiger partial charge in [-0.05, 0) is 26.0 Å². The van der Waals surface area contributed by atoms with Crippen LogP contribution in [0, 0.1) is 6.92 Å². The van der Waals surface area contributed by atoms with Gasteiger partial charge in [0.1, 0.15) is 11.9 Å². The number of carbonyl (C=O) groups excluding carboxylic acids is 1. The summed E-state index contributed by atoms with van der Waals surface area (Å²) in [5.74, 6) is 0.00517. The largest absolute Gasteiger partial charge is 0.329 e. The molecule has 0 fully saturated rings. The Labute approximate surface area is 167 Å². The van der Waals surface area contributed by atoms with E-state index in [1.165, 1.54) is 17.9 Å². The maximum absolute atomic E-state index is 12.7. The number of H-pyrrole nitrogens is 1. The second-order valence-corrected chi connectivity index (χ2v) is 7.55. The normalized spacial score (nSPS) is 12.2. The quantitative estimate of drug-likeness (QED) is 0.523. The molecule has 4 rings (SSSR count). The van der Waals surface area contributed by atoms with E-state index in [-0.39, 0.29) is 17.1 Å². The number of fused-ring (bicyclic) bond motifs is 1. The lowest BCUT2D eigenvalue weighted by Gasteiger charge is -2.14. The highest BCUT2D eigenvalue weighted by atomic mass is 32.1. The SMILES string of the molecule is Cc1nc(-c2ccc(NC(=O)[C@H](C)n3cnc4[nH]c(=O)n(C)c(=O)c43)nc2)cs1. The van der Waals surface area contributed by atoms with Gasteiger partial charge in [-0.2, -0.15) is 0 Å². The summed E-state index contributed by atoms with van der Waals surface area (Å²) in [6, 6.07) is 2.77. The first-order valence-electron chi connectivity index (χ1n) is 8.70. The standard InChI is InChI=1S/C18H17N7O3S/c1-9(25-8-20-15-14(25)17(27)24(3)18(28)23-15)16(26)22-13-5-4-11(6-19-13)12-7-29-10(2)21-12/h4-9H,1-3H3,(H,23,28)(H,19,22,26)/t9-/m0/s1. The molecule has 10 nitrogen and oxygen atoms in total. The first kappa shape index (κ1) is 18.7. The number of hydrogen-bond donors (Lipinski definition) is 2. The molecule has 0 saturated heterocycles. The number of thiazole rings is 1. The van der Waals surface area contributed by atoms with Gasteiger partial charge in [-0.1, -0.05) is 0 Å². The molecule has 0 bridgehead atoms. The number of nitrogens with one attached hydrogen (secondary N) is 2. The summed E-state index contributed by atoms with van der Waals surface area (Å²) >= 11 is 1.55. The number of carbonyl (C=O) groups is 1. The molecule has 148 valence electrons. The van der Waals surface area contributed by atoms with Crippen molar-refractivity contribution in [2.24, 2.45) is 7.05 Å². The first-order valence-corrected chi connectivity index (χ1v) is 9.58. The molecule has 0 radical (unpaired) electrons. The van der Waals surface area contributed by atoms with Crippen LogP contribution in [0.3, 0.4) is 0 Å². The van der Waals surface area contributed by atoms with Crippen molar-refractivity contribution < 1.29 is 4.79 Å². The fourth-order valence-electron chi connectivity index (χ4n) is 2.87. The Kier molecular flexibility index (Phi) is 4.59. The van der Waals surface area contributed by atoms with Crippen LogP contribution in [-0.4, -0.2) is 35.0 Å². The average Bonchev–Trinajstić information content (AvgIpc) is 3.32. The highest BCUT2D eigenvalue weighted by Gasteiger charge is 2.21. The molecule has 1 atom stereocenters. The third-order valence-electron chi connectivity index (χ3n) is 4.56. The predicted octanol–water partition coefficient (Wildman–Crippen LogP) is 1.45. The Morgan fingerprint density at radius 2 is 2.07 bits per heavy atom. The van der Waals surface area contributed by atoms with E-state index in [0.717, 1.165) is 20.8 Å². The molecule has 0 unspecified atom stereocenters. The zero-order valence-corrected chi connectivity index (χ0v) is 16.6. The fraction of sp³-hybridized carbons (Fsp3) is 0.222. The zero-order valence-electron chi connectivity index (χ0n) is 15.8. The topological polar surface area (TPSA) is 128 Å². The predicted molar refractivity (Wildman–Crippen MR) is 109 cm³/mol. The summed E-state index contributed by atoms with van der Waals surface area (Å²) in [6.45, 7) is 3.56. The zero-order chi connectivity index (χ0) is 20.7. The Morgan fingerprint density at radius 1 is 1.28 bits per heavy atom. The van der Waals surface area contributed by atoms with E-state index in [1.807, 2.05) is 18.4 Å². The number of aryl methyl sites for hydroxylation is 1. The van der Waals surface area contributed by atoms with Crippen molar-refractivity contribution in [3.63, 3.8) is 0 Å². The van der Waals surface area contributed by atoms with Gasteiger partial charge in [0.2, 0.25) is 5.91 Å². The lowest BCUT2D eigenvalue weighted by atomic mass is 10.2. The van der Waals surface area contributed by atoms with E-state index >= 15 is 0 Å². The van der Waals surface area contributed by atoms with Crippen LogP contribution >= 0.6 is 11.3 Å². The molecule has 4 aromatic rings. The van der Waals surface area contributed by atoms with Gasteiger partial charge < -0.3 is 9.88 Å². The molecule has 29 heavy (non-hydrogen) atoms. The first-order chi connectivity index (χ1) is 13.8. The Balaban J connectivity index is 1.57. The van der Waals surface area contributed by atoms with Gasteiger partial charge in [-0.3, -0.25) is 19.1 Å². The summed E-state index contributed by atoms with van der Waals surface area (Å²) in [5.41, 5.74) is 0.886. The van der Waals surface area contributed by atoms with Crippen molar-refractivity contribution in [1.82, 2.24) is 29.1 Å². The smallest absolute Gasteiger partial charge is 0.312 e. The molecule has 4 heterocycles.